The molecule has 0 heterocycles. The number of rotatable bonds is 12. The molecule has 1 rings (SSSR count). The third-order valence-electron chi connectivity index (χ3n) is 3.46. The number of nitrogens with one attached hydrogen (secondary N) is 1. The molecule has 140 valence electrons. The Kier molecular flexibility index (Phi) is 13.4. The van der Waals surface area contributed by atoms with Crippen LogP contribution in [0.1, 0.15) is 32.1 Å². The van der Waals surface area contributed by atoms with Gasteiger partial charge in [0, 0.05) is 6.54 Å². The van der Waals surface area contributed by atoms with E-state index in [1.807, 2.05) is 6.08 Å². The SMILES string of the molecule is O=C(NCCOCCOCCOCCO)OC1C=CCCCCC1. The minimum atomic E-state index is -0.397. The van der Waals surface area contributed by atoms with Gasteiger partial charge in [0.2, 0.25) is 0 Å². The fraction of sp³-hybridized carbons (Fsp3) is 0.824. The van der Waals surface area contributed by atoms with Gasteiger partial charge in [0.25, 0.3) is 0 Å². The fourth-order valence-electron chi connectivity index (χ4n) is 2.24. The molecule has 0 fully saturated rings. The minimum absolute atomic E-state index is 0.0234. The summed E-state index contributed by atoms with van der Waals surface area (Å²) in [6.45, 7) is 3.05. The number of aliphatic hydroxyl groups excluding tert-OH is 1. The maximum Gasteiger partial charge on any atom is 0.407 e. The van der Waals surface area contributed by atoms with Gasteiger partial charge in [-0.2, -0.15) is 0 Å². The lowest BCUT2D eigenvalue weighted by atomic mass is 10.0. The van der Waals surface area contributed by atoms with E-state index in [0.717, 1.165) is 19.3 Å². The molecule has 1 aliphatic rings. The predicted octanol–water partition coefficient (Wildman–Crippen LogP) is 1.64. The molecule has 7 heteroatoms. The quantitative estimate of drug-likeness (QED) is 0.413. The Labute approximate surface area is 144 Å². The van der Waals surface area contributed by atoms with Gasteiger partial charge < -0.3 is 29.4 Å². The van der Waals surface area contributed by atoms with E-state index in [0.29, 0.717) is 46.2 Å². The molecule has 0 spiro atoms. The van der Waals surface area contributed by atoms with Crippen LogP contribution in [0.2, 0.25) is 0 Å². The molecule has 0 radical (unpaired) electrons. The van der Waals surface area contributed by atoms with E-state index in [2.05, 4.69) is 11.4 Å². The van der Waals surface area contributed by atoms with Crippen molar-refractivity contribution >= 4 is 6.09 Å². The summed E-state index contributed by atoms with van der Waals surface area (Å²) in [5.74, 6) is 0. The fourth-order valence-corrected chi connectivity index (χ4v) is 2.24. The lowest BCUT2D eigenvalue weighted by Gasteiger charge is -2.16. The molecule has 24 heavy (non-hydrogen) atoms. The number of carbonyl (C=O) groups excluding carboxylic acids is 1. The average molecular weight is 345 g/mol. The molecular weight excluding hydrogens is 314 g/mol. The molecule has 0 bridgehead atoms. The van der Waals surface area contributed by atoms with E-state index >= 15 is 0 Å². The van der Waals surface area contributed by atoms with Crippen LogP contribution in [0.5, 0.6) is 0 Å². The Hall–Kier alpha value is -1.15. The smallest absolute Gasteiger partial charge is 0.407 e. The first-order valence-electron chi connectivity index (χ1n) is 8.78. The summed E-state index contributed by atoms with van der Waals surface area (Å²) >= 11 is 0. The Morgan fingerprint density at radius 2 is 1.71 bits per heavy atom. The van der Waals surface area contributed by atoms with Crippen molar-refractivity contribution in [1.29, 1.82) is 0 Å². The van der Waals surface area contributed by atoms with Crippen LogP contribution in [0.15, 0.2) is 12.2 Å². The molecule has 0 aromatic rings. The third kappa shape index (κ3) is 12.3. The Morgan fingerprint density at radius 1 is 1.00 bits per heavy atom. The molecule has 1 aliphatic carbocycles. The second-order valence-corrected chi connectivity index (χ2v) is 5.50. The molecular formula is C17H31NO6. The third-order valence-corrected chi connectivity index (χ3v) is 3.46. The van der Waals surface area contributed by atoms with E-state index in [9.17, 15) is 4.79 Å². The molecule has 7 nitrogen and oxygen atoms in total. The van der Waals surface area contributed by atoms with Crippen molar-refractivity contribution < 1.29 is 28.8 Å². The van der Waals surface area contributed by atoms with Crippen LogP contribution in [-0.4, -0.2) is 70.1 Å². The van der Waals surface area contributed by atoms with Gasteiger partial charge in [-0.25, -0.2) is 4.79 Å². The van der Waals surface area contributed by atoms with E-state index < -0.39 is 6.09 Å². The first-order chi connectivity index (χ1) is 11.8. The van der Waals surface area contributed by atoms with E-state index in [4.69, 9.17) is 24.1 Å². The largest absolute Gasteiger partial charge is 0.442 e. The molecule has 0 aromatic heterocycles. The predicted molar refractivity (Wildman–Crippen MR) is 90.0 cm³/mol. The number of ether oxygens (including phenoxy) is 4. The van der Waals surface area contributed by atoms with Crippen LogP contribution in [-0.2, 0) is 18.9 Å². The van der Waals surface area contributed by atoms with Crippen LogP contribution in [0, 0.1) is 0 Å². The van der Waals surface area contributed by atoms with Gasteiger partial charge in [-0.3, -0.25) is 0 Å². The Morgan fingerprint density at radius 3 is 2.46 bits per heavy atom. The number of carbonyl (C=O) groups is 1. The van der Waals surface area contributed by atoms with Crippen LogP contribution in [0.4, 0.5) is 4.79 Å². The van der Waals surface area contributed by atoms with Gasteiger partial charge in [-0.1, -0.05) is 12.5 Å². The molecule has 0 saturated heterocycles. The molecule has 1 atom stereocenters. The van der Waals surface area contributed by atoms with Crippen LogP contribution >= 0.6 is 0 Å². The molecule has 0 aliphatic heterocycles. The molecule has 0 saturated carbocycles. The van der Waals surface area contributed by atoms with Crippen molar-refractivity contribution in [1.82, 2.24) is 5.32 Å². The summed E-state index contributed by atoms with van der Waals surface area (Å²) < 4.78 is 21.0. The zero-order valence-electron chi connectivity index (χ0n) is 14.4. The summed E-state index contributed by atoms with van der Waals surface area (Å²) in [5, 5.41) is 11.2. The summed E-state index contributed by atoms with van der Waals surface area (Å²) in [5.41, 5.74) is 0. The lowest BCUT2D eigenvalue weighted by molar-refractivity contribution is 0.00806. The van der Waals surface area contributed by atoms with Gasteiger partial charge in [0.1, 0.15) is 6.10 Å². The zero-order chi connectivity index (χ0) is 17.3. The van der Waals surface area contributed by atoms with Crippen molar-refractivity contribution in [2.75, 3.05) is 52.8 Å². The molecule has 2 N–H and O–H groups in total. The van der Waals surface area contributed by atoms with E-state index in [1.165, 1.54) is 12.8 Å². The van der Waals surface area contributed by atoms with Gasteiger partial charge in [0.15, 0.2) is 0 Å². The number of aliphatic hydroxyl groups is 1. The van der Waals surface area contributed by atoms with Crippen molar-refractivity contribution in [2.45, 2.75) is 38.2 Å². The second kappa shape index (κ2) is 15.4. The van der Waals surface area contributed by atoms with E-state index in [1.54, 1.807) is 0 Å². The Balaban J connectivity index is 1.89. The first kappa shape index (κ1) is 20.9. The highest BCUT2D eigenvalue weighted by Gasteiger charge is 2.11. The van der Waals surface area contributed by atoms with Crippen molar-refractivity contribution in [3.63, 3.8) is 0 Å². The number of amides is 1. The summed E-state index contributed by atoms with van der Waals surface area (Å²) in [4.78, 5) is 11.7. The van der Waals surface area contributed by atoms with Crippen molar-refractivity contribution in [2.24, 2.45) is 0 Å². The van der Waals surface area contributed by atoms with Crippen LogP contribution in [0.25, 0.3) is 0 Å². The van der Waals surface area contributed by atoms with Gasteiger partial charge in [-0.05, 0) is 31.8 Å². The average Bonchev–Trinajstić information content (AvgIpc) is 2.55. The van der Waals surface area contributed by atoms with Gasteiger partial charge in [0.05, 0.1) is 46.2 Å². The number of allylic oxidation sites excluding steroid dienone is 1. The normalized spacial score (nSPS) is 18.0. The number of hydrogen-bond acceptors (Lipinski definition) is 6. The Bertz CT molecular complexity index is 337. The monoisotopic (exact) mass is 345 g/mol. The van der Waals surface area contributed by atoms with E-state index in [-0.39, 0.29) is 12.7 Å². The van der Waals surface area contributed by atoms with Gasteiger partial charge >= 0.3 is 6.09 Å². The molecule has 1 amide bonds. The van der Waals surface area contributed by atoms with Crippen LogP contribution < -0.4 is 5.32 Å². The van der Waals surface area contributed by atoms with Crippen LogP contribution in [0.3, 0.4) is 0 Å². The maximum absolute atomic E-state index is 11.7. The number of alkyl carbamates (subject to hydrolysis) is 1. The first-order valence-corrected chi connectivity index (χ1v) is 8.78. The highest BCUT2D eigenvalue weighted by Crippen LogP contribution is 2.14. The number of hydrogen-bond donors (Lipinski definition) is 2. The standard InChI is InChI=1S/C17H31NO6/c19-9-11-22-13-15-23-14-12-21-10-8-18-17(20)24-16-6-4-2-1-3-5-7-16/h4,6,16,19H,1-3,5,7-15H2,(H,18,20). The van der Waals surface area contributed by atoms with Gasteiger partial charge in [-0.15, -0.1) is 0 Å². The highest BCUT2D eigenvalue weighted by molar-refractivity contribution is 5.67. The summed E-state index contributed by atoms with van der Waals surface area (Å²) in [6, 6.07) is 0. The molecule has 0 aromatic carbocycles. The summed E-state index contributed by atoms with van der Waals surface area (Å²) in [7, 11) is 0. The second-order valence-electron chi connectivity index (χ2n) is 5.50. The molecule has 1 unspecified atom stereocenters. The lowest BCUT2D eigenvalue weighted by Crippen LogP contribution is -2.31. The maximum atomic E-state index is 11.7. The highest BCUT2D eigenvalue weighted by atomic mass is 16.6. The summed E-state index contributed by atoms with van der Waals surface area (Å²) in [6.07, 6.45) is 9.01. The zero-order valence-corrected chi connectivity index (χ0v) is 14.4. The minimum Gasteiger partial charge on any atom is -0.442 e. The van der Waals surface area contributed by atoms with Crippen molar-refractivity contribution in [3.05, 3.63) is 12.2 Å². The topological polar surface area (TPSA) is 86.3 Å². The van der Waals surface area contributed by atoms with Crippen molar-refractivity contribution in [3.8, 4) is 0 Å².